The quantitative estimate of drug-likeness (QED) is 0.438. The van der Waals surface area contributed by atoms with Crippen molar-refractivity contribution in [1.29, 1.82) is 5.26 Å². The molecule has 4 N–H and O–H groups in total. The fourth-order valence-electron chi connectivity index (χ4n) is 9.65. The van der Waals surface area contributed by atoms with Crippen molar-refractivity contribution in [3.63, 3.8) is 0 Å². The first kappa shape index (κ1) is 27.1. The summed E-state index contributed by atoms with van der Waals surface area (Å²) < 4.78 is 6.78. The molecule has 5 aliphatic carbocycles. The summed E-state index contributed by atoms with van der Waals surface area (Å²) in [4.78, 5) is 45.0. The summed E-state index contributed by atoms with van der Waals surface area (Å²) in [5, 5.41) is 12.7. The normalized spacial score (nSPS) is 38.3. The van der Waals surface area contributed by atoms with Crippen molar-refractivity contribution in [1.82, 2.24) is 20.1 Å². The van der Waals surface area contributed by atoms with Gasteiger partial charge in [0.25, 0.3) is 11.5 Å². The van der Waals surface area contributed by atoms with Crippen LogP contribution in [-0.4, -0.2) is 82.6 Å². The van der Waals surface area contributed by atoms with Crippen LogP contribution in [0, 0.1) is 34.5 Å². The molecule has 2 saturated heterocycles. The number of carbonyl (C=O) groups is 2. The van der Waals surface area contributed by atoms with Crippen molar-refractivity contribution in [3.05, 3.63) is 34.2 Å². The zero-order valence-corrected chi connectivity index (χ0v) is 23.7. The molecule has 0 radical (unpaired) electrons. The van der Waals surface area contributed by atoms with E-state index in [-0.39, 0.29) is 52.1 Å². The molecule has 2 amide bonds. The van der Waals surface area contributed by atoms with E-state index in [2.05, 4.69) is 21.3 Å². The number of nitrogens with one attached hydrogen (secondary N) is 2. The second-order valence-corrected chi connectivity index (χ2v) is 14.0. The Labute approximate surface area is 241 Å². The number of nitrogens with two attached hydrogens (primary N) is 1. The molecule has 8 rings (SSSR count). The lowest BCUT2D eigenvalue weighted by molar-refractivity contribution is -0.201. The lowest BCUT2D eigenvalue weighted by atomic mass is 9.46. The molecule has 3 unspecified atom stereocenters. The number of nitrogens with zero attached hydrogens (tertiary/aromatic N) is 3. The van der Waals surface area contributed by atoms with Crippen LogP contribution in [0.3, 0.4) is 0 Å². The lowest BCUT2D eigenvalue weighted by Crippen LogP contribution is -2.65. The molecule has 8 atom stereocenters. The van der Waals surface area contributed by atoms with E-state index in [0.717, 1.165) is 77.4 Å². The van der Waals surface area contributed by atoms with Crippen molar-refractivity contribution in [3.8, 4) is 6.07 Å². The van der Waals surface area contributed by atoms with Gasteiger partial charge in [0.1, 0.15) is 11.6 Å². The Hall–Kier alpha value is -2.74. The molecule has 2 aliphatic heterocycles. The van der Waals surface area contributed by atoms with Gasteiger partial charge in [-0.1, -0.05) is 0 Å². The van der Waals surface area contributed by atoms with Gasteiger partial charge < -0.3 is 30.6 Å². The predicted molar refractivity (Wildman–Crippen MR) is 151 cm³/mol. The van der Waals surface area contributed by atoms with E-state index in [4.69, 9.17) is 10.5 Å². The van der Waals surface area contributed by atoms with Crippen LogP contribution in [0.4, 0.5) is 0 Å². The van der Waals surface area contributed by atoms with Gasteiger partial charge in [-0.05, 0) is 99.5 Å². The number of H-pyrrole nitrogens is 1. The number of likely N-dealkylation sites (tertiary alicyclic amines) is 2. The first-order valence-electron chi connectivity index (χ1n) is 15.6. The van der Waals surface area contributed by atoms with Gasteiger partial charge >= 0.3 is 0 Å². The number of rotatable bonds is 8. The number of amides is 2. The van der Waals surface area contributed by atoms with Crippen LogP contribution in [0.5, 0.6) is 0 Å². The first-order valence-corrected chi connectivity index (χ1v) is 15.6. The molecule has 10 heteroatoms. The van der Waals surface area contributed by atoms with Crippen molar-refractivity contribution in [2.75, 3.05) is 26.2 Å². The monoisotopic (exact) mass is 562 g/mol. The van der Waals surface area contributed by atoms with Crippen LogP contribution in [0.1, 0.15) is 74.6 Å². The number of piperidine rings is 2. The van der Waals surface area contributed by atoms with Crippen LogP contribution in [0.2, 0.25) is 0 Å². The number of hydrogen-bond acceptors (Lipinski definition) is 7. The Morgan fingerprint density at radius 3 is 2.63 bits per heavy atom. The highest BCUT2D eigenvalue weighted by Gasteiger charge is 2.63. The molecule has 1 aromatic rings. The van der Waals surface area contributed by atoms with Gasteiger partial charge in [-0.25, -0.2) is 0 Å². The second kappa shape index (κ2) is 10.2. The maximum absolute atomic E-state index is 13.7. The van der Waals surface area contributed by atoms with E-state index in [1.165, 1.54) is 12.6 Å². The molecule has 41 heavy (non-hydrogen) atoms. The van der Waals surface area contributed by atoms with Gasteiger partial charge in [-0.15, -0.1) is 0 Å². The lowest BCUT2D eigenvalue weighted by Gasteiger charge is -2.63. The highest BCUT2D eigenvalue weighted by molar-refractivity contribution is 5.93. The Balaban J connectivity index is 0.929. The zero-order valence-electron chi connectivity index (χ0n) is 23.7. The molecule has 3 heterocycles. The molecule has 10 nitrogen and oxygen atoms in total. The number of nitriles is 1. The second-order valence-electron chi connectivity index (χ2n) is 14.0. The minimum Gasteiger partial charge on any atom is -0.374 e. The Kier molecular flexibility index (Phi) is 6.75. The Morgan fingerprint density at radius 1 is 1.17 bits per heavy atom. The van der Waals surface area contributed by atoms with Gasteiger partial charge in [-0.3, -0.25) is 14.4 Å². The van der Waals surface area contributed by atoms with Crippen molar-refractivity contribution in [2.45, 2.75) is 94.0 Å². The summed E-state index contributed by atoms with van der Waals surface area (Å²) in [5.74, 6) is 1.31. The van der Waals surface area contributed by atoms with E-state index < -0.39 is 6.04 Å². The van der Waals surface area contributed by atoms with E-state index in [9.17, 15) is 19.6 Å². The number of carbonyl (C=O) groups excluding carboxylic acids is 2. The van der Waals surface area contributed by atoms with Crippen LogP contribution >= 0.6 is 0 Å². The van der Waals surface area contributed by atoms with Gasteiger partial charge in [-0.2, -0.15) is 5.26 Å². The van der Waals surface area contributed by atoms with Crippen LogP contribution in [0.25, 0.3) is 0 Å². The highest BCUT2D eigenvalue weighted by Crippen LogP contribution is 2.64. The van der Waals surface area contributed by atoms with E-state index in [1.54, 1.807) is 12.1 Å². The topological polar surface area (TPSA) is 145 Å². The van der Waals surface area contributed by atoms with Gasteiger partial charge in [0.2, 0.25) is 5.91 Å². The molecule has 220 valence electrons. The maximum atomic E-state index is 13.7. The fourth-order valence-corrected chi connectivity index (χ4v) is 9.65. The minimum absolute atomic E-state index is 0.00508. The minimum atomic E-state index is -0.549. The van der Waals surface area contributed by atoms with Crippen molar-refractivity contribution < 1.29 is 14.3 Å². The summed E-state index contributed by atoms with van der Waals surface area (Å²) in [6.07, 6.45) is 11.3. The average molecular weight is 563 g/mol. The van der Waals surface area contributed by atoms with Gasteiger partial charge in [0, 0.05) is 37.9 Å². The van der Waals surface area contributed by atoms with Crippen LogP contribution < -0.4 is 16.6 Å². The van der Waals surface area contributed by atoms with Crippen molar-refractivity contribution in [2.24, 2.45) is 28.9 Å². The molecule has 1 aromatic heterocycles. The Bertz CT molecular complexity index is 1280. The number of aromatic nitrogens is 1. The summed E-state index contributed by atoms with van der Waals surface area (Å²) in [5.41, 5.74) is 6.25. The summed E-state index contributed by atoms with van der Waals surface area (Å²) in [6.45, 7) is 3.24. The number of fused-ring (bicyclic) bond motifs is 1. The Morgan fingerprint density at radius 2 is 1.93 bits per heavy atom. The predicted octanol–water partition coefficient (Wildman–Crippen LogP) is 1.76. The zero-order chi connectivity index (χ0) is 28.4. The molecule has 4 bridgehead atoms. The average Bonchev–Trinajstić information content (AvgIpc) is 3.61. The third-order valence-electron chi connectivity index (χ3n) is 11.3. The summed E-state index contributed by atoms with van der Waals surface area (Å²) in [6, 6.07) is 5.00. The van der Waals surface area contributed by atoms with Crippen LogP contribution in [0.15, 0.2) is 23.1 Å². The molecular formula is C31H42N6O4. The first-order chi connectivity index (χ1) is 19.8. The third kappa shape index (κ3) is 4.90. The molecule has 0 aromatic carbocycles. The van der Waals surface area contributed by atoms with E-state index in [0.29, 0.717) is 24.4 Å². The van der Waals surface area contributed by atoms with Crippen molar-refractivity contribution >= 4 is 11.8 Å². The summed E-state index contributed by atoms with van der Waals surface area (Å²) in [7, 11) is 0. The number of pyridine rings is 1. The molecular weight excluding hydrogens is 520 g/mol. The smallest absolute Gasteiger partial charge is 0.260 e. The molecule has 7 fully saturated rings. The molecule has 5 saturated carbocycles. The summed E-state index contributed by atoms with van der Waals surface area (Å²) >= 11 is 0. The maximum Gasteiger partial charge on any atom is 0.260 e. The number of aromatic amines is 1. The van der Waals surface area contributed by atoms with Gasteiger partial charge in [0.15, 0.2) is 0 Å². The molecule has 0 spiro atoms. The van der Waals surface area contributed by atoms with E-state index >= 15 is 0 Å². The SMILES string of the molecule is N#C[C@@H]1C[C@@H]2C[C@@H]2N1C(=O)[C@@H](N)C12CC3C[C@H](CC(OCCN4CCC(NC(=O)c5ccc[nH]c5=O)CC4)(C3)C1)C2. The molecule has 7 aliphatic rings. The third-order valence-corrected chi connectivity index (χ3v) is 11.3. The van der Waals surface area contributed by atoms with Gasteiger partial charge in [0.05, 0.1) is 24.3 Å². The standard InChI is InChI=1S/C31H42N6O4/c32-17-23-11-21-12-25(21)37(23)29(40)26(33)30-13-19-10-20(14-30)16-31(15-19,18-30)41-9-8-36-6-3-22(4-7-36)35-28(39)24-2-1-5-34-27(24)38/h1-2,5,19-23,25-26H,3-4,6-16,18,33H2,(H,34,38)(H,35,39)/t19-,20?,21+,23-,25-,26+,30?,31?/m0/s1. The largest absolute Gasteiger partial charge is 0.374 e. The fraction of sp³-hybridized carbons (Fsp3) is 0.742. The number of ether oxygens (including phenoxy) is 1. The highest BCUT2D eigenvalue weighted by atomic mass is 16.5. The van der Waals surface area contributed by atoms with E-state index in [1.807, 2.05) is 4.90 Å². The number of hydrogen-bond donors (Lipinski definition) is 3. The van der Waals surface area contributed by atoms with Crippen LogP contribution in [-0.2, 0) is 9.53 Å².